The highest BCUT2D eigenvalue weighted by Crippen LogP contribution is 2.48. The number of nitriles is 1. The van der Waals surface area contributed by atoms with Gasteiger partial charge < -0.3 is 15.2 Å². The highest BCUT2D eigenvalue weighted by molar-refractivity contribution is 5.95. The minimum absolute atomic E-state index is 0.130. The zero-order valence-electron chi connectivity index (χ0n) is 19.8. The lowest BCUT2D eigenvalue weighted by atomic mass is 9.95. The number of benzene rings is 1. The molecular formula is C23H20F3N7O4. The standard InChI is InChI=1S/C23H20F3N7O4/c1-11-18(21(35)36)28-9-17(29-11)33-19(31-13(3)32-33)12(2)30-20(34)14-6-15(22(10-27)4-5-22)8-16(7-14)37-23(24,25)26/h6-9,12H,4-5H2,1-3H3,(H,30,34)(H,35,36)/t12-/m0/s1. The third-order valence-electron chi connectivity index (χ3n) is 5.75. The number of nitrogens with one attached hydrogen (secondary N) is 1. The van der Waals surface area contributed by atoms with E-state index in [2.05, 4.69) is 36.2 Å². The summed E-state index contributed by atoms with van der Waals surface area (Å²) < 4.78 is 44.0. The summed E-state index contributed by atoms with van der Waals surface area (Å²) in [7, 11) is 0. The van der Waals surface area contributed by atoms with Gasteiger partial charge in [0.05, 0.1) is 29.4 Å². The molecule has 0 aliphatic heterocycles. The lowest BCUT2D eigenvalue weighted by Gasteiger charge is -2.17. The molecule has 0 radical (unpaired) electrons. The van der Waals surface area contributed by atoms with Crippen LogP contribution in [-0.4, -0.2) is 48.1 Å². The van der Waals surface area contributed by atoms with Crippen molar-refractivity contribution >= 4 is 11.9 Å². The van der Waals surface area contributed by atoms with Crippen LogP contribution < -0.4 is 10.1 Å². The molecule has 0 bridgehead atoms. The summed E-state index contributed by atoms with van der Waals surface area (Å²) in [5, 5.41) is 25.6. The topological polar surface area (TPSA) is 156 Å². The zero-order valence-corrected chi connectivity index (χ0v) is 19.8. The van der Waals surface area contributed by atoms with Gasteiger partial charge in [0.25, 0.3) is 5.91 Å². The van der Waals surface area contributed by atoms with Crippen molar-refractivity contribution in [3.63, 3.8) is 0 Å². The number of aromatic carboxylic acids is 1. The van der Waals surface area contributed by atoms with E-state index in [4.69, 9.17) is 0 Å². The van der Waals surface area contributed by atoms with Crippen molar-refractivity contribution < 1.29 is 32.6 Å². The maximum Gasteiger partial charge on any atom is 0.573 e. The molecule has 192 valence electrons. The molecule has 1 saturated carbocycles. The number of aromatic nitrogens is 5. The maximum atomic E-state index is 13.1. The van der Waals surface area contributed by atoms with Crippen molar-refractivity contribution in [1.29, 1.82) is 5.26 Å². The van der Waals surface area contributed by atoms with Crippen molar-refractivity contribution in [2.24, 2.45) is 0 Å². The predicted octanol–water partition coefficient (Wildman–Crippen LogP) is 3.32. The fraction of sp³-hybridized carbons (Fsp3) is 0.348. The molecule has 2 aromatic heterocycles. The van der Waals surface area contributed by atoms with E-state index in [1.165, 1.54) is 23.9 Å². The Balaban J connectivity index is 1.64. The van der Waals surface area contributed by atoms with Gasteiger partial charge in [-0.1, -0.05) is 0 Å². The molecule has 2 heterocycles. The summed E-state index contributed by atoms with van der Waals surface area (Å²) in [6.07, 6.45) is -2.87. The van der Waals surface area contributed by atoms with Gasteiger partial charge in [-0.05, 0) is 57.4 Å². The number of carboxylic acids is 1. The Kier molecular flexibility index (Phi) is 6.32. The first-order chi connectivity index (χ1) is 17.3. The summed E-state index contributed by atoms with van der Waals surface area (Å²) in [6, 6.07) is 4.72. The molecule has 1 aromatic carbocycles. The first-order valence-corrected chi connectivity index (χ1v) is 11.0. The predicted molar refractivity (Wildman–Crippen MR) is 119 cm³/mol. The number of amides is 1. The number of hydrogen-bond acceptors (Lipinski definition) is 8. The largest absolute Gasteiger partial charge is 0.573 e. The second kappa shape index (κ2) is 9.16. The van der Waals surface area contributed by atoms with Crippen molar-refractivity contribution in [1.82, 2.24) is 30.0 Å². The number of halogens is 3. The lowest BCUT2D eigenvalue weighted by Crippen LogP contribution is -2.29. The van der Waals surface area contributed by atoms with Crippen LogP contribution in [0, 0.1) is 25.2 Å². The van der Waals surface area contributed by atoms with Crippen LogP contribution in [-0.2, 0) is 5.41 Å². The van der Waals surface area contributed by atoms with Crippen LogP contribution in [0.3, 0.4) is 0 Å². The highest BCUT2D eigenvalue weighted by atomic mass is 19.4. The zero-order chi connectivity index (χ0) is 27.1. The Morgan fingerprint density at radius 1 is 1.24 bits per heavy atom. The maximum absolute atomic E-state index is 13.1. The summed E-state index contributed by atoms with van der Waals surface area (Å²) >= 11 is 0. The molecule has 1 fully saturated rings. The first-order valence-electron chi connectivity index (χ1n) is 11.0. The molecule has 0 spiro atoms. The van der Waals surface area contributed by atoms with E-state index < -0.39 is 35.4 Å². The van der Waals surface area contributed by atoms with E-state index in [0.29, 0.717) is 18.7 Å². The Morgan fingerprint density at radius 2 is 1.95 bits per heavy atom. The second-order valence-electron chi connectivity index (χ2n) is 8.58. The number of aryl methyl sites for hydroxylation is 2. The minimum atomic E-state index is -4.98. The Morgan fingerprint density at radius 3 is 2.51 bits per heavy atom. The summed E-state index contributed by atoms with van der Waals surface area (Å²) in [5.74, 6) is -1.87. The molecule has 1 amide bonds. The number of carbonyl (C=O) groups excluding carboxylic acids is 1. The number of nitrogens with zero attached hydrogens (tertiary/aromatic N) is 6. The van der Waals surface area contributed by atoms with Gasteiger partial charge in [0, 0.05) is 5.56 Å². The van der Waals surface area contributed by atoms with Crippen molar-refractivity contribution in [2.75, 3.05) is 0 Å². The molecular weight excluding hydrogens is 495 g/mol. The number of ether oxygens (including phenoxy) is 1. The average Bonchev–Trinajstić information content (AvgIpc) is 3.52. The molecule has 1 atom stereocenters. The van der Waals surface area contributed by atoms with Crippen LogP contribution in [0.4, 0.5) is 13.2 Å². The van der Waals surface area contributed by atoms with Gasteiger partial charge in [-0.15, -0.1) is 18.3 Å². The second-order valence-corrected chi connectivity index (χ2v) is 8.58. The Labute approximate surface area is 207 Å². The molecule has 14 heteroatoms. The number of rotatable bonds is 7. The van der Waals surface area contributed by atoms with Crippen LogP contribution in [0.2, 0.25) is 0 Å². The van der Waals surface area contributed by atoms with E-state index in [1.807, 2.05) is 0 Å². The molecule has 0 saturated heterocycles. The van der Waals surface area contributed by atoms with Gasteiger partial charge in [-0.25, -0.2) is 19.7 Å². The van der Waals surface area contributed by atoms with Gasteiger partial charge >= 0.3 is 12.3 Å². The fourth-order valence-corrected chi connectivity index (χ4v) is 3.80. The molecule has 0 unspecified atom stereocenters. The van der Waals surface area contributed by atoms with Gasteiger partial charge in [0.1, 0.15) is 11.6 Å². The van der Waals surface area contributed by atoms with E-state index in [1.54, 1.807) is 13.8 Å². The summed E-state index contributed by atoms with van der Waals surface area (Å²) in [5.41, 5.74) is -0.916. The van der Waals surface area contributed by atoms with Gasteiger partial charge in [-0.2, -0.15) is 9.94 Å². The van der Waals surface area contributed by atoms with Crippen LogP contribution in [0.1, 0.15) is 69.6 Å². The van der Waals surface area contributed by atoms with Crippen LogP contribution in [0.15, 0.2) is 24.4 Å². The van der Waals surface area contributed by atoms with E-state index >= 15 is 0 Å². The third-order valence-corrected chi connectivity index (χ3v) is 5.75. The molecule has 37 heavy (non-hydrogen) atoms. The first kappa shape index (κ1) is 25.5. The van der Waals surface area contributed by atoms with E-state index in [9.17, 15) is 33.1 Å². The van der Waals surface area contributed by atoms with Crippen molar-refractivity contribution in [3.05, 3.63) is 58.6 Å². The monoisotopic (exact) mass is 515 g/mol. The van der Waals surface area contributed by atoms with Crippen LogP contribution in [0.5, 0.6) is 5.75 Å². The van der Waals surface area contributed by atoms with Gasteiger partial charge in [0.15, 0.2) is 17.3 Å². The normalized spacial score (nSPS) is 14.9. The Bertz CT molecular complexity index is 1440. The Hall–Kier alpha value is -4.54. The quantitative estimate of drug-likeness (QED) is 0.482. The molecule has 3 aromatic rings. The van der Waals surface area contributed by atoms with Gasteiger partial charge in [-0.3, -0.25) is 4.79 Å². The van der Waals surface area contributed by atoms with Crippen molar-refractivity contribution in [2.45, 2.75) is 51.4 Å². The summed E-state index contributed by atoms with van der Waals surface area (Å²) in [4.78, 5) is 36.7. The van der Waals surface area contributed by atoms with Crippen molar-refractivity contribution in [3.8, 4) is 17.6 Å². The molecule has 2 N–H and O–H groups in total. The fourth-order valence-electron chi connectivity index (χ4n) is 3.80. The molecule has 1 aliphatic rings. The SMILES string of the molecule is Cc1nc([C@H](C)NC(=O)c2cc(OC(F)(F)F)cc(C3(C#N)CC3)c2)n(-c2cnc(C(=O)O)c(C)n2)n1. The smallest absolute Gasteiger partial charge is 0.476 e. The van der Waals surface area contributed by atoms with Gasteiger partial charge in [0.2, 0.25) is 0 Å². The lowest BCUT2D eigenvalue weighted by molar-refractivity contribution is -0.274. The van der Waals surface area contributed by atoms with Crippen LogP contribution in [0.25, 0.3) is 5.82 Å². The minimum Gasteiger partial charge on any atom is -0.476 e. The number of carboxylic acid groups (broad SMARTS) is 1. The third kappa shape index (κ3) is 5.35. The van der Waals surface area contributed by atoms with Crippen LogP contribution >= 0.6 is 0 Å². The molecule has 1 aliphatic carbocycles. The number of carbonyl (C=O) groups is 2. The molecule has 11 nitrogen and oxygen atoms in total. The summed E-state index contributed by atoms with van der Waals surface area (Å²) in [6.45, 7) is 4.65. The number of hydrogen-bond donors (Lipinski definition) is 2. The number of alkyl halides is 3. The van der Waals surface area contributed by atoms with E-state index in [-0.39, 0.29) is 34.2 Å². The highest BCUT2D eigenvalue weighted by Gasteiger charge is 2.46. The average molecular weight is 515 g/mol. The molecule has 4 rings (SSSR count). The van der Waals surface area contributed by atoms with E-state index in [0.717, 1.165) is 12.1 Å².